The van der Waals surface area contributed by atoms with Gasteiger partial charge in [0.15, 0.2) is 0 Å². The van der Waals surface area contributed by atoms with E-state index in [-0.39, 0.29) is 12.0 Å². The van der Waals surface area contributed by atoms with E-state index in [2.05, 4.69) is 44.6 Å². The fourth-order valence-electron chi connectivity index (χ4n) is 6.76. The SMILES string of the molecule is N#Cc1cnc(NCc2ccccc2S)nc1NC[C@@]12CC3C[C@H](C1)[C@@H](NCCO)[C@@H](C3)C2. The van der Waals surface area contributed by atoms with Crippen LogP contribution in [0, 0.1) is 34.5 Å². The number of hydrogen-bond acceptors (Lipinski definition) is 8. The molecule has 4 bridgehead atoms. The number of nitrogens with one attached hydrogen (secondary N) is 3. The third kappa shape index (κ3) is 4.68. The first-order valence-corrected chi connectivity index (χ1v) is 12.4. The van der Waals surface area contributed by atoms with Crippen molar-refractivity contribution in [3.63, 3.8) is 0 Å². The second-order valence-corrected chi connectivity index (χ2v) is 10.6. The minimum atomic E-state index is 0.201. The van der Waals surface area contributed by atoms with E-state index in [0.29, 0.717) is 48.3 Å². The van der Waals surface area contributed by atoms with Crippen LogP contribution in [-0.2, 0) is 6.54 Å². The monoisotopic (exact) mass is 464 g/mol. The standard InChI is InChI=1S/C25H32N6OS/c26-12-20-14-29-24(28-13-17-3-1-2-4-21(17)33)31-23(20)30-15-25-9-16-7-18(10-25)22(27-5-6-32)19(8-16)11-25/h1-4,14,16,18-19,22,27,32-33H,5-11,13,15H2,(H2,28,29,30,31)/t16?,18-,19+,22-,25+. The van der Waals surface area contributed by atoms with E-state index < -0.39 is 0 Å². The predicted octanol–water partition coefficient (Wildman–Crippen LogP) is 3.44. The molecule has 4 N–H and O–H groups in total. The van der Waals surface area contributed by atoms with Gasteiger partial charge >= 0.3 is 0 Å². The Morgan fingerprint density at radius 1 is 1.15 bits per heavy atom. The van der Waals surface area contributed by atoms with Gasteiger partial charge in [-0.05, 0) is 66.9 Å². The van der Waals surface area contributed by atoms with E-state index >= 15 is 0 Å². The topological polar surface area (TPSA) is 106 Å². The Kier molecular flexibility index (Phi) is 6.46. The van der Waals surface area contributed by atoms with Crippen LogP contribution < -0.4 is 16.0 Å². The number of anilines is 2. The van der Waals surface area contributed by atoms with Gasteiger partial charge in [-0.15, -0.1) is 12.6 Å². The van der Waals surface area contributed by atoms with E-state index in [1.807, 2.05) is 24.3 Å². The summed E-state index contributed by atoms with van der Waals surface area (Å²) >= 11 is 4.50. The summed E-state index contributed by atoms with van der Waals surface area (Å²) in [6.07, 6.45) is 7.87. The van der Waals surface area contributed by atoms with Crippen molar-refractivity contribution in [3.05, 3.63) is 41.6 Å². The summed E-state index contributed by atoms with van der Waals surface area (Å²) in [6, 6.07) is 10.7. The van der Waals surface area contributed by atoms with Gasteiger partial charge in [0.05, 0.1) is 12.8 Å². The Labute approximate surface area is 200 Å². The minimum Gasteiger partial charge on any atom is -0.395 e. The minimum absolute atomic E-state index is 0.201. The number of hydrogen-bond donors (Lipinski definition) is 5. The van der Waals surface area contributed by atoms with Crippen LogP contribution in [0.1, 0.15) is 43.2 Å². The Hall–Kier alpha value is -2.34. The second kappa shape index (κ2) is 9.49. The van der Waals surface area contributed by atoms with E-state index in [1.54, 1.807) is 6.20 Å². The van der Waals surface area contributed by atoms with Crippen LogP contribution in [0.3, 0.4) is 0 Å². The van der Waals surface area contributed by atoms with Gasteiger partial charge in [0.25, 0.3) is 0 Å². The Morgan fingerprint density at radius 2 is 1.94 bits per heavy atom. The van der Waals surface area contributed by atoms with Crippen molar-refractivity contribution in [1.82, 2.24) is 15.3 Å². The molecule has 174 valence electrons. The van der Waals surface area contributed by atoms with Gasteiger partial charge in [-0.25, -0.2) is 4.98 Å². The molecule has 7 nitrogen and oxygen atoms in total. The molecule has 0 aliphatic heterocycles. The lowest BCUT2D eigenvalue weighted by Crippen LogP contribution is -2.60. The summed E-state index contributed by atoms with van der Waals surface area (Å²) in [5.74, 6) is 3.29. The highest BCUT2D eigenvalue weighted by molar-refractivity contribution is 7.80. The zero-order valence-electron chi connectivity index (χ0n) is 18.8. The smallest absolute Gasteiger partial charge is 0.224 e. The summed E-state index contributed by atoms with van der Waals surface area (Å²) in [6.45, 7) is 2.30. The third-order valence-electron chi connectivity index (χ3n) is 7.86. The van der Waals surface area contributed by atoms with Crippen molar-refractivity contribution in [2.75, 3.05) is 30.3 Å². The molecule has 8 heteroatoms. The maximum atomic E-state index is 9.60. The largest absolute Gasteiger partial charge is 0.395 e. The normalized spacial score (nSPS) is 29.6. The van der Waals surface area contributed by atoms with Gasteiger partial charge in [-0.2, -0.15) is 10.2 Å². The van der Waals surface area contributed by atoms with Crippen molar-refractivity contribution in [3.8, 4) is 6.07 Å². The van der Waals surface area contributed by atoms with E-state index in [4.69, 9.17) is 0 Å². The number of aliphatic hydroxyl groups excluding tert-OH is 1. The maximum Gasteiger partial charge on any atom is 0.224 e. The Balaban J connectivity index is 1.26. The molecular weight excluding hydrogens is 432 g/mol. The number of nitrogens with zero attached hydrogens (tertiary/aromatic N) is 3. The molecule has 4 aliphatic carbocycles. The summed E-state index contributed by atoms with van der Waals surface area (Å²) in [4.78, 5) is 9.89. The first-order chi connectivity index (χ1) is 16.1. The van der Waals surface area contributed by atoms with Gasteiger partial charge < -0.3 is 21.1 Å². The first-order valence-electron chi connectivity index (χ1n) is 11.9. The van der Waals surface area contributed by atoms with Crippen molar-refractivity contribution < 1.29 is 5.11 Å². The molecule has 6 rings (SSSR count). The lowest BCUT2D eigenvalue weighted by Gasteiger charge is -2.60. The molecule has 0 spiro atoms. The van der Waals surface area contributed by atoms with Gasteiger partial charge in [0, 0.05) is 30.6 Å². The predicted molar refractivity (Wildman–Crippen MR) is 131 cm³/mol. The molecule has 4 aliphatic rings. The zero-order chi connectivity index (χ0) is 22.8. The highest BCUT2D eigenvalue weighted by Gasteiger charge is 2.54. The summed E-state index contributed by atoms with van der Waals surface area (Å²) in [5.41, 5.74) is 1.81. The fraction of sp³-hybridized carbons (Fsp3) is 0.560. The molecule has 5 atom stereocenters. The van der Waals surface area contributed by atoms with Crippen molar-refractivity contribution in [1.29, 1.82) is 5.26 Å². The van der Waals surface area contributed by atoms with Crippen molar-refractivity contribution in [2.24, 2.45) is 23.2 Å². The van der Waals surface area contributed by atoms with Crippen molar-refractivity contribution >= 4 is 24.4 Å². The van der Waals surface area contributed by atoms with Crippen LogP contribution in [0.4, 0.5) is 11.8 Å². The van der Waals surface area contributed by atoms with Crippen molar-refractivity contribution in [2.45, 2.75) is 49.6 Å². The number of thiol groups is 1. The lowest BCUT2D eigenvalue weighted by atomic mass is 9.48. The molecule has 0 amide bonds. The first kappa shape index (κ1) is 22.5. The van der Waals surface area contributed by atoms with E-state index in [9.17, 15) is 10.4 Å². The summed E-state index contributed by atoms with van der Waals surface area (Å²) < 4.78 is 0. The van der Waals surface area contributed by atoms with Gasteiger partial charge in [-0.3, -0.25) is 0 Å². The molecule has 0 saturated heterocycles. The van der Waals surface area contributed by atoms with Gasteiger partial charge in [0.2, 0.25) is 5.95 Å². The van der Waals surface area contributed by atoms with Crippen LogP contribution in [0.15, 0.2) is 35.4 Å². The van der Waals surface area contributed by atoms with Crippen LogP contribution in [-0.4, -0.2) is 40.8 Å². The number of aromatic nitrogens is 2. The molecule has 4 fully saturated rings. The highest BCUT2D eigenvalue weighted by atomic mass is 32.1. The van der Waals surface area contributed by atoms with E-state index in [1.165, 1.54) is 32.1 Å². The fourth-order valence-corrected chi connectivity index (χ4v) is 7.00. The second-order valence-electron chi connectivity index (χ2n) is 10.1. The Morgan fingerprint density at radius 3 is 2.67 bits per heavy atom. The van der Waals surface area contributed by atoms with Gasteiger partial charge in [0.1, 0.15) is 17.5 Å². The van der Waals surface area contributed by atoms with Crippen LogP contribution >= 0.6 is 12.6 Å². The quantitative estimate of drug-likeness (QED) is 0.362. The molecule has 33 heavy (non-hydrogen) atoms. The number of aliphatic hydroxyl groups is 1. The zero-order valence-corrected chi connectivity index (χ0v) is 19.7. The molecular formula is C25H32N6OS. The average molecular weight is 465 g/mol. The molecule has 1 aromatic heterocycles. The molecule has 0 radical (unpaired) electrons. The highest BCUT2D eigenvalue weighted by Crippen LogP contribution is 2.60. The third-order valence-corrected chi connectivity index (χ3v) is 8.30. The van der Waals surface area contributed by atoms with Crippen LogP contribution in [0.25, 0.3) is 0 Å². The maximum absolute atomic E-state index is 9.60. The molecule has 4 saturated carbocycles. The van der Waals surface area contributed by atoms with Crippen LogP contribution in [0.5, 0.6) is 0 Å². The number of benzene rings is 1. The van der Waals surface area contributed by atoms with Crippen LogP contribution in [0.2, 0.25) is 0 Å². The summed E-state index contributed by atoms with van der Waals surface area (Å²) in [5, 5.41) is 29.3. The average Bonchev–Trinajstić information content (AvgIpc) is 2.81. The summed E-state index contributed by atoms with van der Waals surface area (Å²) in [7, 11) is 0. The lowest BCUT2D eigenvalue weighted by molar-refractivity contribution is -0.0698. The number of rotatable bonds is 9. The molecule has 1 unspecified atom stereocenters. The Bertz CT molecular complexity index is 1020. The molecule has 1 heterocycles. The van der Waals surface area contributed by atoms with Gasteiger partial charge in [-0.1, -0.05) is 18.2 Å². The van der Waals surface area contributed by atoms with E-state index in [0.717, 1.165) is 22.9 Å². The molecule has 2 aromatic rings. The number of nitriles is 1. The molecule has 1 aromatic carbocycles.